The summed E-state index contributed by atoms with van der Waals surface area (Å²) >= 11 is 0. The van der Waals surface area contributed by atoms with E-state index in [9.17, 15) is 9.50 Å². The van der Waals surface area contributed by atoms with Gasteiger partial charge < -0.3 is 20.1 Å². The number of ether oxygens (including phenoxy) is 1. The number of unbranched alkanes of at least 4 members (excludes halogenated alkanes) is 2. The molecule has 4 saturated heterocycles. The van der Waals surface area contributed by atoms with Crippen molar-refractivity contribution in [2.45, 2.75) is 82.1 Å². The van der Waals surface area contributed by atoms with E-state index in [2.05, 4.69) is 44.8 Å². The second-order valence-corrected chi connectivity index (χ2v) is 14.1. The average Bonchev–Trinajstić information content (AvgIpc) is 3.76. The van der Waals surface area contributed by atoms with Crippen molar-refractivity contribution in [3.8, 4) is 47.2 Å². The Balaban J connectivity index is 1.35. The highest BCUT2D eigenvalue weighted by molar-refractivity contribution is 6.04. The van der Waals surface area contributed by atoms with Crippen LogP contribution >= 0.6 is 0 Å². The van der Waals surface area contributed by atoms with Gasteiger partial charge in [0.05, 0.1) is 16.5 Å². The molecule has 8 nitrogen and oxygen atoms in total. The van der Waals surface area contributed by atoms with Gasteiger partial charge in [-0.1, -0.05) is 31.3 Å². The van der Waals surface area contributed by atoms with Crippen molar-refractivity contribution in [2.24, 2.45) is 0 Å². The molecule has 4 fully saturated rings. The quantitative estimate of drug-likeness (QED) is 0.175. The van der Waals surface area contributed by atoms with Crippen LogP contribution in [-0.2, 0) is 0 Å². The average molecular weight is 681 g/mol. The standard InChI is InChI=1S/C39H39F3N6O2/c1-3-5-6-7-9-31-33-36(34(42)35(44-31)29-17-27(49)16-23-10-13-30(41)28(4-2)32(23)29)45-38(46-37(33)47-20-25-11-12-26(21-47)43-25)50-22-39-14-8-15-48(39)19-24(40)18-39/h2,10,13,16-17,24-26,43,49H,3,5-6,8,11-12,14-15,18-22H2,1H3/t24-,25?,26?,39+/m1/s1. The first-order valence-corrected chi connectivity index (χ1v) is 17.6. The van der Waals surface area contributed by atoms with Crippen LogP contribution in [0.4, 0.5) is 19.0 Å². The van der Waals surface area contributed by atoms with E-state index < -0.39 is 23.3 Å². The topological polar surface area (TPSA) is 86.6 Å². The first-order valence-electron chi connectivity index (χ1n) is 17.6. The molecule has 2 unspecified atom stereocenters. The number of hydrogen-bond donors (Lipinski definition) is 2. The van der Waals surface area contributed by atoms with Crippen LogP contribution in [0.1, 0.15) is 69.5 Å². The number of phenolic OH excluding ortho intramolecular Hbond substituents is 1. The Kier molecular flexibility index (Phi) is 8.45. The minimum atomic E-state index is -0.932. The molecule has 4 aliphatic rings. The van der Waals surface area contributed by atoms with Crippen LogP contribution < -0.4 is 15.0 Å². The minimum absolute atomic E-state index is 0.0148. The van der Waals surface area contributed by atoms with E-state index in [0.717, 1.165) is 45.1 Å². The maximum atomic E-state index is 17.3. The fraction of sp³-hybridized carbons (Fsp3) is 0.462. The van der Waals surface area contributed by atoms with E-state index in [0.29, 0.717) is 49.1 Å². The number of pyridine rings is 1. The molecule has 6 heterocycles. The zero-order valence-electron chi connectivity index (χ0n) is 28.0. The number of anilines is 1. The van der Waals surface area contributed by atoms with E-state index in [1.807, 2.05) is 0 Å². The van der Waals surface area contributed by atoms with Gasteiger partial charge >= 0.3 is 6.01 Å². The molecule has 4 atom stereocenters. The lowest BCUT2D eigenvalue weighted by Crippen LogP contribution is -2.51. The number of phenols is 1. The smallest absolute Gasteiger partial charge is 0.319 e. The summed E-state index contributed by atoms with van der Waals surface area (Å²) in [6.45, 7) is 4.74. The number of hydrogen-bond acceptors (Lipinski definition) is 8. The monoisotopic (exact) mass is 680 g/mol. The highest BCUT2D eigenvalue weighted by Gasteiger charge is 2.49. The molecule has 2 aromatic heterocycles. The zero-order valence-corrected chi connectivity index (χ0v) is 28.0. The molecule has 4 aromatic rings. The molecule has 11 heteroatoms. The van der Waals surface area contributed by atoms with Crippen molar-refractivity contribution in [1.29, 1.82) is 0 Å². The molecule has 258 valence electrons. The number of alkyl halides is 1. The van der Waals surface area contributed by atoms with Gasteiger partial charge in [-0.25, -0.2) is 18.2 Å². The summed E-state index contributed by atoms with van der Waals surface area (Å²) in [5.74, 6) is 7.67. The number of fused-ring (bicyclic) bond motifs is 5. The summed E-state index contributed by atoms with van der Waals surface area (Å²) in [6.07, 6.45) is 11.4. The van der Waals surface area contributed by atoms with Crippen molar-refractivity contribution < 1.29 is 23.0 Å². The van der Waals surface area contributed by atoms with Crippen LogP contribution in [0, 0.1) is 35.8 Å². The number of aromatic hydroxyl groups is 1. The van der Waals surface area contributed by atoms with Crippen LogP contribution in [0.3, 0.4) is 0 Å². The Labute approximate surface area is 289 Å². The summed E-state index contributed by atoms with van der Waals surface area (Å²) in [5.41, 5.74) is -0.362. The van der Waals surface area contributed by atoms with Crippen molar-refractivity contribution in [1.82, 2.24) is 25.2 Å². The number of nitrogens with zero attached hydrogens (tertiary/aromatic N) is 5. The molecule has 2 N–H and O–H groups in total. The van der Waals surface area contributed by atoms with Crippen molar-refractivity contribution in [2.75, 3.05) is 37.7 Å². The second-order valence-electron chi connectivity index (χ2n) is 14.1. The maximum absolute atomic E-state index is 17.3. The molecule has 8 rings (SSSR count). The first-order chi connectivity index (χ1) is 24.3. The Morgan fingerprint density at radius 3 is 2.70 bits per heavy atom. The number of piperazine rings is 1. The largest absolute Gasteiger partial charge is 0.508 e. The highest BCUT2D eigenvalue weighted by atomic mass is 19.1. The summed E-state index contributed by atoms with van der Waals surface area (Å²) in [4.78, 5) is 18.7. The molecule has 2 bridgehead atoms. The minimum Gasteiger partial charge on any atom is -0.508 e. The predicted molar refractivity (Wildman–Crippen MR) is 187 cm³/mol. The molecule has 50 heavy (non-hydrogen) atoms. The van der Waals surface area contributed by atoms with Gasteiger partial charge in [0.2, 0.25) is 0 Å². The van der Waals surface area contributed by atoms with Gasteiger partial charge in [0.1, 0.15) is 47.1 Å². The van der Waals surface area contributed by atoms with Gasteiger partial charge in [0, 0.05) is 55.5 Å². The number of terminal acetylenes is 1. The van der Waals surface area contributed by atoms with Gasteiger partial charge in [-0.2, -0.15) is 9.97 Å². The van der Waals surface area contributed by atoms with Gasteiger partial charge in [-0.05, 0) is 68.2 Å². The SMILES string of the molecule is C#Cc1c(F)ccc2cc(O)cc(-c3nc(C#CCCCC)c4c(N5CC6CCC(C5)N6)nc(OC[C@@]56CCCN5C[C@H](F)C6)nc4c3F)c12. The van der Waals surface area contributed by atoms with E-state index in [-0.39, 0.29) is 63.9 Å². The van der Waals surface area contributed by atoms with Crippen LogP contribution in [0.2, 0.25) is 0 Å². The van der Waals surface area contributed by atoms with Crippen LogP contribution in [0.15, 0.2) is 24.3 Å². The molecular weight excluding hydrogens is 641 g/mol. The van der Waals surface area contributed by atoms with Crippen LogP contribution in [0.5, 0.6) is 11.8 Å². The molecule has 2 aromatic carbocycles. The third kappa shape index (κ3) is 5.67. The van der Waals surface area contributed by atoms with Crippen molar-refractivity contribution >= 4 is 27.5 Å². The predicted octanol–water partition coefficient (Wildman–Crippen LogP) is 6.25. The Morgan fingerprint density at radius 2 is 1.92 bits per heavy atom. The fourth-order valence-corrected chi connectivity index (χ4v) is 8.48. The number of rotatable bonds is 7. The van der Waals surface area contributed by atoms with E-state index in [1.54, 1.807) is 0 Å². The first kappa shape index (κ1) is 32.6. The highest BCUT2D eigenvalue weighted by Crippen LogP contribution is 2.42. The second kappa shape index (κ2) is 12.9. The Morgan fingerprint density at radius 1 is 1.10 bits per heavy atom. The lowest BCUT2D eigenvalue weighted by molar-refractivity contribution is 0.107. The zero-order chi connectivity index (χ0) is 34.6. The summed E-state index contributed by atoms with van der Waals surface area (Å²) in [7, 11) is 0. The molecule has 0 saturated carbocycles. The number of benzene rings is 2. The normalized spacial score (nSPS) is 24.4. The van der Waals surface area contributed by atoms with Gasteiger partial charge in [0.15, 0.2) is 5.82 Å². The van der Waals surface area contributed by atoms with Gasteiger partial charge in [-0.15, -0.1) is 6.42 Å². The molecule has 0 amide bonds. The van der Waals surface area contributed by atoms with E-state index >= 15 is 8.78 Å². The molecule has 0 aliphatic carbocycles. The maximum Gasteiger partial charge on any atom is 0.319 e. The summed E-state index contributed by atoms with van der Waals surface area (Å²) in [6, 6.07) is 5.98. The number of aromatic nitrogens is 3. The van der Waals surface area contributed by atoms with E-state index in [4.69, 9.17) is 21.1 Å². The van der Waals surface area contributed by atoms with Crippen molar-refractivity contribution in [3.63, 3.8) is 0 Å². The van der Waals surface area contributed by atoms with Crippen LogP contribution in [0.25, 0.3) is 32.9 Å². The summed E-state index contributed by atoms with van der Waals surface area (Å²) in [5, 5.41) is 15.4. The van der Waals surface area contributed by atoms with E-state index in [1.165, 1.54) is 24.3 Å². The lowest BCUT2D eigenvalue weighted by Gasteiger charge is -2.35. The third-order valence-electron chi connectivity index (χ3n) is 10.8. The van der Waals surface area contributed by atoms with Crippen LogP contribution in [-0.4, -0.2) is 81.5 Å². The molecule has 0 radical (unpaired) electrons. The Bertz CT molecular complexity index is 2100. The lowest BCUT2D eigenvalue weighted by atomic mass is 9.95. The number of nitrogens with one attached hydrogen (secondary N) is 1. The molecular formula is C39H39F3N6O2. The Hall–Kier alpha value is -4.58. The number of halogens is 3. The third-order valence-corrected chi connectivity index (χ3v) is 10.8. The fourth-order valence-electron chi connectivity index (χ4n) is 8.48. The molecule has 4 aliphatic heterocycles. The molecule has 0 spiro atoms. The summed E-state index contributed by atoms with van der Waals surface area (Å²) < 4.78 is 53.3. The van der Waals surface area contributed by atoms with Gasteiger partial charge in [0.25, 0.3) is 0 Å². The van der Waals surface area contributed by atoms with Gasteiger partial charge in [-0.3, -0.25) is 4.90 Å². The van der Waals surface area contributed by atoms with Crippen molar-refractivity contribution in [3.05, 3.63) is 47.2 Å².